The molecule has 2 aromatic carbocycles. The second-order valence-electron chi connectivity index (χ2n) is 9.32. The molecule has 6 heteroatoms. The number of hydrogen-bond donors (Lipinski definition) is 1. The Bertz CT molecular complexity index is 931. The van der Waals surface area contributed by atoms with E-state index in [4.69, 9.17) is 18.6 Å². The van der Waals surface area contributed by atoms with Crippen LogP contribution < -0.4 is 7.67 Å². The van der Waals surface area contributed by atoms with Crippen molar-refractivity contribution < 1.29 is 17.5 Å². The Labute approximate surface area is 197 Å². The molecule has 169 valence electrons. The van der Waals surface area contributed by atoms with Crippen LogP contribution in [0.4, 0.5) is 0 Å². The maximum atomic E-state index is 13.0. The molecule has 0 saturated heterocycles. The van der Waals surface area contributed by atoms with Crippen molar-refractivity contribution in [3.8, 4) is 11.1 Å². The van der Waals surface area contributed by atoms with Gasteiger partial charge < -0.3 is 0 Å². The fourth-order valence-electron chi connectivity index (χ4n) is 4.67. The number of nitrogens with one attached hydrogen (secondary N) is 1. The average molecular weight is 513 g/mol. The first kappa shape index (κ1) is 25.1. The van der Waals surface area contributed by atoms with Crippen LogP contribution in [0.2, 0.25) is 13.1 Å². The standard InChI is InChI=1S/C13H9.C10H21NO.C2H7Si.2ClH.Ti/c1-3-7-12-10(5-1)9-11-6-2-4-8-13(11)12;1-2-3-4-5-6-7-8-9-10(11)12;1-3-2;;;/h1-5,7-8H,9H2;2-9H2,1H3,(H2,11,12);3H,1-2H3;2*1H;/q;;;;;+3/p-3. The number of carbonyl (C=O) groups excluding carboxylic acids is 1. The van der Waals surface area contributed by atoms with Gasteiger partial charge in [-0.15, -0.1) is 0 Å². The molecule has 0 bridgehead atoms. The Morgan fingerprint density at radius 2 is 1.58 bits per heavy atom. The molecule has 2 aromatic rings. The van der Waals surface area contributed by atoms with Gasteiger partial charge in [-0.3, -0.25) is 0 Å². The van der Waals surface area contributed by atoms with Crippen LogP contribution in [-0.4, -0.2) is 12.6 Å². The molecule has 0 radical (unpaired) electrons. The van der Waals surface area contributed by atoms with Gasteiger partial charge in [0.05, 0.1) is 0 Å². The number of fused-ring (bicyclic) bond motifs is 3. The Morgan fingerprint density at radius 1 is 0.935 bits per heavy atom. The minimum atomic E-state index is -4.41. The summed E-state index contributed by atoms with van der Waals surface area (Å²) in [4.78, 5) is 13.0. The van der Waals surface area contributed by atoms with E-state index in [1.165, 1.54) is 54.4 Å². The van der Waals surface area contributed by atoms with E-state index in [1.807, 2.05) is 0 Å². The predicted molar refractivity (Wildman–Crippen MR) is 136 cm³/mol. The summed E-state index contributed by atoms with van der Waals surface area (Å²) in [6.07, 6.45) is 9.69. The third-order valence-electron chi connectivity index (χ3n) is 6.73. The fraction of sp³-hybridized carbons (Fsp3) is 0.480. The molecular weight excluding hydrogens is 477 g/mol. The Balaban J connectivity index is 1.76. The zero-order valence-corrected chi connectivity index (χ0v) is 23.4. The number of rotatable bonds is 11. The number of carbonyl (C=O) groups is 1. The summed E-state index contributed by atoms with van der Waals surface area (Å²) in [7, 11) is 14.9. The van der Waals surface area contributed by atoms with Crippen molar-refractivity contribution in [3.63, 3.8) is 0 Å². The molecule has 1 N–H and O–H groups in total. The topological polar surface area (TPSA) is 29.1 Å². The van der Waals surface area contributed by atoms with Gasteiger partial charge in [-0.05, 0) is 0 Å². The van der Waals surface area contributed by atoms with Gasteiger partial charge in [0.2, 0.25) is 0 Å². The van der Waals surface area contributed by atoms with Crippen molar-refractivity contribution in [1.29, 1.82) is 0 Å². The van der Waals surface area contributed by atoms with E-state index in [0.29, 0.717) is 6.42 Å². The number of halogens is 2. The summed E-state index contributed by atoms with van der Waals surface area (Å²) in [5.74, 6) is 0.0323. The molecule has 0 spiro atoms. The number of amides is 1. The summed E-state index contributed by atoms with van der Waals surface area (Å²) in [6.45, 7) is 5.01. The number of benzene rings is 2. The summed E-state index contributed by atoms with van der Waals surface area (Å²) in [5, 5.41) is 0. The van der Waals surface area contributed by atoms with E-state index >= 15 is 0 Å². The van der Waals surface area contributed by atoms with E-state index in [-0.39, 0.29) is 5.91 Å². The number of hydrogen-bond acceptors (Lipinski definition) is 1. The predicted octanol–water partition coefficient (Wildman–Crippen LogP) is 7.04. The van der Waals surface area contributed by atoms with E-state index in [9.17, 15) is 4.79 Å². The van der Waals surface area contributed by atoms with Crippen LogP contribution in [0.25, 0.3) is 11.1 Å². The van der Waals surface area contributed by atoms with E-state index in [1.54, 1.807) is 0 Å². The van der Waals surface area contributed by atoms with Crippen molar-refractivity contribution in [1.82, 2.24) is 3.80 Å². The molecule has 0 aromatic heterocycles. The molecule has 1 aliphatic rings. The SMILES string of the molecule is CCCCCCCCCC(=O)[NH][Ti]([Cl])([Cl])([c]1cccc2c1Cc1ccccc1-2)[SiH](C)C. The van der Waals surface area contributed by atoms with Gasteiger partial charge in [-0.25, -0.2) is 0 Å². The third kappa shape index (κ3) is 5.50. The minimum absolute atomic E-state index is 0.0323. The second kappa shape index (κ2) is 10.6. The molecule has 1 amide bonds. The van der Waals surface area contributed by atoms with E-state index < -0.39 is 19.4 Å². The first-order valence-corrected chi connectivity index (χ1v) is 23.3. The van der Waals surface area contributed by atoms with Crippen LogP contribution in [0.15, 0.2) is 42.5 Å². The third-order valence-corrected chi connectivity index (χ3v) is 36.8. The molecule has 31 heavy (non-hydrogen) atoms. The Morgan fingerprint density at radius 3 is 2.29 bits per heavy atom. The van der Waals surface area contributed by atoms with Crippen LogP contribution in [0.3, 0.4) is 0 Å². The molecule has 0 heterocycles. The van der Waals surface area contributed by atoms with Crippen molar-refractivity contribution in [2.24, 2.45) is 0 Å². The summed E-state index contributed by atoms with van der Waals surface area (Å²) >= 11 is -4.41. The molecular formula is C25H36Cl2NOSiTi. The summed E-state index contributed by atoms with van der Waals surface area (Å²) in [5.41, 5.74) is 5.03. The van der Waals surface area contributed by atoms with Gasteiger partial charge in [0.25, 0.3) is 0 Å². The van der Waals surface area contributed by atoms with Crippen molar-refractivity contribution in [2.75, 3.05) is 0 Å². The van der Waals surface area contributed by atoms with Crippen LogP contribution in [0.1, 0.15) is 69.4 Å². The normalized spacial score (nSPS) is 14.1. The molecule has 0 saturated carbocycles. The first-order valence-electron chi connectivity index (χ1n) is 11.9. The molecule has 0 aliphatic heterocycles. The maximum absolute atomic E-state index is 13.0. The van der Waals surface area contributed by atoms with E-state index in [0.717, 1.165) is 23.1 Å². The van der Waals surface area contributed by atoms with Crippen LogP contribution in [-0.2, 0) is 23.9 Å². The van der Waals surface area contributed by atoms with Crippen molar-refractivity contribution in [2.45, 2.75) is 77.8 Å². The van der Waals surface area contributed by atoms with Crippen LogP contribution in [0.5, 0.6) is 0 Å². The summed E-state index contributed by atoms with van der Waals surface area (Å²) in [6, 6.07) is 14.8. The molecule has 0 unspecified atom stereocenters. The fourth-order valence-corrected chi connectivity index (χ4v) is 17.0. The monoisotopic (exact) mass is 512 g/mol. The summed E-state index contributed by atoms with van der Waals surface area (Å²) < 4.78 is 4.34. The quantitative estimate of drug-likeness (QED) is 0.216. The number of unbranched alkanes of at least 4 members (excludes halogenated alkanes) is 6. The van der Waals surface area contributed by atoms with E-state index in [2.05, 4.69) is 66.3 Å². The van der Waals surface area contributed by atoms with Gasteiger partial charge in [0.15, 0.2) is 0 Å². The zero-order valence-electron chi connectivity index (χ0n) is 19.1. The van der Waals surface area contributed by atoms with Crippen molar-refractivity contribution >= 4 is 35.0 Å². The van der Waals surface area contributed by atoms with Gasteiger partial charge >= 0.3 is 199 Å². The first-order chi connectivity index (χ1) is 14.8. The molecule has 3 rings (SSSR count). The van der Waals surface area contributed by atoms with Crippen LogP contribution >= 0.6 is 18.6 Å². The van der Waals surface area contributed by atoms with Gasteiger partial charge in [-0.2, -0.15) is 0 Å². The Kier molecular flexibility index (Phi) is 8.54. The zero-order chi connectivity index (χ0) is 22.5. The van der Waals surface area contributed by atoms with Gasteiger partial charge in [0.1, 0.15) is 0 Å². The average Bonchev–Trinajstić information content (AvgIpc) is 3.11. The molecule has 1 aliphatic carbocycles. The molecule has 0 atom stereocenters. The second-order valence-corrected chi connectivity index (χ2v) is 36.7. The molecule has 0 fully saturated rings. The van der Waals surface area contributed by atoms with Crippen molar-refractivity contribution in [3.05, 3.63) is 53.6 Å². The van der Waals surface area contributed by atoms with Gasteiger partial charge in [-0.1, -0.05) is 0 Å². The Hall–Kier alpha value is -0.579. The van der Waals surface area contributed by atoms with Gasteiger partial charge in [0, 0.05) is 0 Å². The molecule has 2 nitrogen and oxygen atoms in total. The van der Waals surface area contributed by atoms with Crippen LogP contribution in [0, 0.1) is 0 Å².